The second-order valence-electron chi connectivity index (χ2n) is 5.81. The van der Waals surface area contributed by atoms with Crippen molar-refractivity contribution in [3.05, 3.63) is 63.0 Å². The first-order valence-corrected chi connectivity index (χ1v) is 8.64. The number of aldehydes is 1. The lowest BCUT2D eigenvalue weighted by atomic mass is 9.93. The van der Waals surface area contributed by atoms with Crippen molar-refractivity contribution < 1.29 is 9.18 Å². The van der Waals surface area contributed by atoms with Crippen molar-refractivity contribution in [2.45, 2.75) is 19.8 Å². The van der Waals surface area contributed by atoms with Crippen molar-refractivity contribution in [2.24, 2.45) is 0 Å². The number of pyridine rings is 1. The molecule has 0 N–H and O–H groups in total. The lowest BCUT2D eigenvalue weighted by molar-refractivity contribution is 0.112. The molecule has 0 saturated carbocycles. The van der Waals surface area contributed by atoms with Crippen LogP contribution in [0.4, 0.5) is 4.39 Å². The van der Waals surface area contributed by atoms with Crippen LogP contribution in [-0.2, 0) is 0 Å². The first-order chi connectivity index (χ1) is 11.5. The van der Waals surface area contributed by atoms with Crippen LogP contribution < -0.4 is 0 Å². The molecule has 5 heteroatoms. The number of hydrogen-bond acceptors (Lipinski definition) is 2. The summed E-state index contributed by atoms with van der Waals surface area (Å²) in [5.41, 5.74) is 2.45. The topological polar surface area (TPSA) is 30.0 Å². The summed E-state index contributed by atoms with van der Waals surface area (Å²) in [5, 5.41) is 0.472. The summed E-state index contributed by atoms with van der Waals surface area (Å²) in [5.74, 6) is -0.546. The minimum absolute atomic E-state index is 0.124. The molecule has 0 unspecified atom stereocenters. The molecular formula is C19H14BrClFNO. The molecule has 122 valence electrons. The summed E-state index contributed by atoms with van der Waals surface area (Å²) >= 11 is 9.58. The average molecular weight is 407 g/mol. The highest BCUT2D eigenvalue weighted by Crippen LogP contribution is 2.40. The smallest absolute Gasteiger partial charge is 0.151 e. The Labute approximate surface area is 152 Å². The SMILES string of the molecule is CC(C)c1c(Cl)nc2cc(Br)c(C=O)c(-c3ccccc3)c2c1F. The largest absolute Gasteiger partial charge is 0.298 e. The maximum absolute atomic E-state index is 15.3. The van der Waals surface area contributed by atoms with Crippen molar-refractivity contribution in [1.82, 2.24) is 4.98 Å². The van der Waals surface area contributed by atoms with Gasteiger partial charge in [0.25, 0.3) is 0 Å². The van der Waals surface area contributed by atoms with E-state index in [1.165, 1.54) is 0 Å². The first kappa shape index (κ1) is 17.1. The second kappa shape index (κ2) is 6.61. The maximum Gasteiger partial charge on any atom is 0.151 e. The maximum atomic E-state index is 15.3. The highest BCUT2D eigenvalue weighted by molar-refractivity contribution is 9.10. The number of halogens is 3. The summed E-state index contributed by atoms with van der Waals surface area (Å²) < 4.78 is 15.9. The van der Waals surface area contributed by atoms with Crippen LogP contribution in [0.25, 0.3) is 22.0 Å². The van der Waals surface area contributed by atoms with Gasteiger partial charge < -0.3 is 0 Å². The molecule has 0 saturated heterocycles. The Balaban J connectivity index is 2.55. The van der Waals surface area contributed by atoms with Crippen molar-refractivity contribution in [1.29, 1.82) is 0 Å². The quantitative estimate of drug-likeness (QED) is 0.372. The normalized spacial score (nSPS) is 11.2. The number of nitrogens with zero attached hydrogens (tertiary/aromatic N) is 1. The van der Waals surface area contributed by atoms with Crippen LogP contribution in [0.1, 0.15) is 35.7 Å². The Morgan fingerprint density at radius 1 is 1.25 bits per heavy atom. The molecular weight excluding hydrogens is 393 g/mol. The van der Waals surface area contributed by atoms with Crippen molar-refractivity contribution >= 4 is 44.7 Å². The van der Waals surface area contributed by atoms with Crippen LogP contribution in [0.3, 0.4) is 0 Å². The molecule has 0 aliphatic carbocycles. The number of carbonyl (C=O) groups is 1. The van der Waals surface area contributed by atoms with E-state index < -0.39 is 5.82 Å². The summed E-state index contributed by atoms with van der Waals surface area (Å²) in [6.07, 6.45) is 0.731. The van der Waals surface area contributed by atoms with Gasteiger partial charge in [-0.1, -0.05) is 55.8 Å². The molecule has 1 heterocycles. The summed E-state index contributed by atoms with van der Waals surface area (Å²) in [6.45, 7) is 3.72. The van der Waals surface area contributed by atoms with Gasteiger partial charge in [0.15, 0.2) is 6.29 Å². The van der Waals surface area contributed by atoms with Crippen LogP contribution in [0.5, 0.6) is 0 Å². The van der Waals surface area contributed by atoms with E-state index >= 15 is 4.39 Å². The van der Waals surface area contributed by atoms with E-state index in [2.05, 4.69) is 20.9 Å². The highest BCUT2D eigenvalue weighted by atomic mass is 79.9. The molecule has 3 aromatic rings. The fourth-order valence-electron chi connectivity index (χ4n) is 2.87. The Hall–Kier alpha value is -1.78. The zero-order valence-corrected chi connectivity index (χ0v) is 15.5. The highest BCUT2D eigenvalue weighted by Gasteiger charge is 2.23. The van der Waals surface area contributed by atoms with Gasteiger partial charge in [0.05, 0.1) is 5.52 Å². The van der Waals surface area contributed by atoms with Gasteiger partial charge >= 0.3 is 0 Å². The van der Waals surface area contributed by atoms with Crippen LogP contribution >= 0.6 is 27.5 Å². The van der Waals surface area contributed by atoms with Crippen LogP contribution in [0.2, 0.25) is 5.15 Å². The van der Waals surface area contributed by atoms with Crippen LogP contribution in [0, 0.1) is 5.82 Å². The first-order valence-electron chi connectivity index (χ1n) is 7.47. The van der Waals surface area contributed by atoms with E-state index in [0.717, 1.165) is 11.8 Å². The van der Waals surface area contributed by atoms with Crippen molar-refractivity contribution in [2.75, 3.05) is 0 Å². The molecule has 0 aliphatic heterocycles. The lowest BCUT2D eigenvalue weighted by Crippen LogP contribution is -2.02. The molecule has 0 bridgehead atoms. The lowest BCUT2D eigenvalue weighted by Gasteiger charge is -2.16. The minimum atomic E-state index is -0.422. The molecule has 0 spiro atoms. The fourth-order valence-corrected chi connectivity index (χ4v) is 3.77. The molecule has 0 radical (unpaired) electrons. The standard InChI is InChI=1S/C19H14BrClFNO/c1-10(2)15-18(22)17-14(23-19(15)21)8-13(20)12(9-24)16(17)11-6-4-3-5-7-11/h3-10H,1-2H3. The van der Waals surface area contributed by atoms with Gasteiger partial charge in [0, 0.05) is 26.5 Å². The Bertz CT molecular complexity index is 941. The van der Waals surface area contributed by atoms with E-state index in [0.29, 0.717) is 32.1 Å². The van der Waals surface area contributed by atoms with Gasteiger partial charge in [-0.05, 0) is 33.5 Å². The van der Waals surface area contributed by atoms with Gasteiger partial charge in [-0.2, -0.15) is 0 Å². The Morgan fingerprint density at radius 3 is 2.50 bits per heavy atom. The average Bonchev–Trinajstić information content (AvgIpc) is 2.54. The van der Waals surface area contributed by atoms with E-state index in [4.69, 9.17) is 11.6 Å². The monoisotopic (exact) mass is 405 g/mol. The molecule has 0 amide bonds. The molecule has 2 aromatic carbocycles. The second-order valence-corrected chi connectivity index (χ2v) is 7.02. The van der Waals surface area contributed by atoms with Gasteiger partial charge in [-0.25, -0.2) is 9.37 Å². The third-order valence-corrected chi connectivity index (χ3v) is 4.89. The van der Waals surface area contributed by atoms with E-state index in [1.54, 1.807) is 6.07 Å². The molecule has 0 fully saturated rings. The predicted molar refractivity (Wildman–Crippen MR) is 99.3 cm³/mol. The van der Waals surface area contributed by atoms with Crippen LogP contribution in [0.15, 0.2) is 40.9 Å². The number of rotatable bonds is 3. The molecule has 2 nitrogen and oxygen atoms in total. The predicted octanol–water partition coefficient (Wildman–Crippen LogP) is 6.39. The molecule has 0 aliphatic rings. The fraction of sp³-hybridized carbons (Fsp3) is 0.158. The van der Waals surface area contributed by atoms with E-state index in [-0.39, 0.29) is 11.1 Å². The summed E-state index contributed by atoms with van der Waals surface area (Å²) in [7, 11) is 0. The number of benzene rings is 2. The van der Waals surface area contributed by atoms with Gasteiger partial charge in [0.1, 0.15) is 11.0 Å². The third kappa shape index (κ3) is 2.74. The Kier molecular flexibility index (Phi) is 4.70. The number of aromatic nitrogens is 1. The van der Waals surface area contributed by atoms with Gasteiger partial charge in [0.2, 0.25) is 0 Å². The van der Waals surface area contributed by atoms with Crippen LogP contribution in [-0.4, -0.2) is 11.3 Å². The summed E-state index contributed by atoms with van der Waals surface area (Å²) in [6, 6.07) is 10.9. The summed E-state index contributed by atoms with van der Waals surface area (Å²) in [4.78, 5) is 16.0. The number of hydrogen-bond donors (Lipinski definition) is 0. The number of carbonyl (C=O) groups excluding carboxylic acids is 1. The van der Waals surface area contributed by atoms with E-state index in [9.17, 15) is 4.79 Å². The zero-order valence-electron chi connectivity index (χ0n) is 13.1. The van der Waals surface area contributed by atoms with Gasteiger partial charge in [-0.3, -0.25) is 4.79 Å². The van der Waals surface area contributed by atoms with Crippen molar-refractivity contribution in [3.63, 3.8) is 0 Å². The molecule has 24 heavy (non-hydrogen) atoms. The third-order valence-electron chi connectivity index (χ3n) is 3.95. The minimum Gasteiger partial charge on any atom is -0.298 e. The molecule has 3 rings (SSSR count). The number of fused-ring (bicyclic) bond motifs is 1. The van der Waals surface area contributed by atoms with E-state index in [1.807, 2.05) is 44.2 Å². The molecule has 0 atom stereocenters. The zero-order chi connectivity index (χ0) is 17.4. The molecule has 1 aromatic heterocycles. The van der Waals surface area contributed by atoms with Gasteiger partial charge in [-0.15, -0.1) is 0 Å². The van der Waals surface area contributed by atoms with Crippen molar-refractivity contribution in [3.8, 4) is 11.1 Å². The Morgan fingerprint density at radius 2 is 1.92 bits per heavy atom.